The SMILES string of the molecule is O=C(O)C1NCCCNC1=O. The molecule has 0 spiro atoms. The smallest absolute Gasteiger partial charge is 0.330 e. The van der Waals surface area contributed by atoms with E-state index in [1.54, 1.807) is 0 Å². The fraction of sp³-hybridized carbons (Fsp3) is 0.667. The van der Waals surface area contributed by atoms with Crippen molar-refractivity contribution in [3.63, 3.8) is 0 Å². The highest BCUT2D eigenvalue weighted by Crippen LogP contribution is 1.90. The molecule has 1 saturated heterocycles. The minimum Gasteiger partial charge on any atom is -0.480 e. The topological polar surface area (TPSA) is 78.4 Å². The first kappa shape index (κ1) is 8.00. The maximum absolute atomic E-state index is 10.9. The first-order chi connectivity index (χ1) is 5.22. The molecule has 1 heterocycles. The standard InChI is InChI=1S/C6H10N2O3/c9-5-4(6(10)11)7-2-1-3-8-5/h4,7H,1-3H2,(H,8,9)(H,10,11). The summed E-state index contributed by atoms with van der Waals surface area (Å²) in [6, 6.07) is -1.07. The monoisotopic (exact) mass is 158 g/mol. The lowest BCUT2D eigenvalue weighted by molar-refractivity contribution is -0.143. The molecule has 1 unspecified atom stereocenters. The maximum Gasteiger partial charge on any atom is 0.330 e. The Morgan fingerprint density at radius 1 is 1.55 bits per heavy atom. The van der Waals surface area contributed by atoms with Crippen LogP contribution in [0.1, 0.15) is 6.42 Å². The zero-order valence-corrected chi connectivity index (χ0v) is 5.96. The van der Waals surface area contributed by atoms with Gasteiger partial charge in [0.1, 0.15) is 0 Å². The average molecular weight is 158 g/mol. The van der Waals surface area contributed by atoms with E-state index in [9.17, 15) is 9.59 Å². The Morgan fingerprint density at radius 2 is 2.27 bits per heavy atom. The molecule has 1 rings (SSSR count). The van der Waals surface area contributed by atoms with Crippen LogP contribution < -0.4 is 10.6 Å². The molecule has 0 aromatic carbocycles. The van der Waals surface area contributed by atoms with Gasteiger partial charge in [-0.15, -0.1) is 0 Å². The van der Waals surface area contributed by atoms with E-state index in [0.29, 0.717) is 13.1 Å². The van der Waals surface area contributed by atoms with Crippen LogP contribution in [0.3, 0.4) is 0 Å². The Bertz CT molecular complexity index is 181. The van der Waals surface area contributed by atoms with E-state index >= 15 is 0 Å². The van der Waals surface area contributed by atoms with Crippen molar-refractivity contribution in [2.75, 3.05) is 13.1 Å². The normalized spacial score (nSPS) is 25.5. The van der Waals surface area contributed by atoms with Crippen LogP contribution in [-0.2, 0) is 9.59 Å². The van der Waals surface area contributed by atoms with Crippen molar-refractivity contribution in [3.05, 3.63) is 0 Å². The molecule has 0 aromatic rings. The predicted molar refractivity (Wildman–Crippen MR) is 37.1 cm³/mol. The molecule has 1 amide bonds. The molecule has 0 saturated carbocycles. The summed E-state index contributed by atoms with van der Waals surface area (Å²) in [5.74, 6) is -1.57. The summed E-state index contributed by atoms with van der Waals surface area (Å²) in [6.07, 6.45) is 0.773. The molecule has 1 atom stereocenters. The highest BCUT2D eigenvalue weighted by Gasteiger charge is 2.26. The average Bonchev–Trinajstić information content (AvgIpc) is 2.13. The van der Waals surface area contributed by atoms with Gasteiger partial charge in [0, 0.05) is 6.54 Å². The van der Waals surface area contributed by atoms with Crippen LogP contribution in [0, 0.1) is 0 Å². The minimum absolute atomic E-state index is 0.449. The van der Waals surface area contributed by atoms with Gasteiger partial charge in [0.15, 0.2) is 6.04 Å². The quantitative estimate of drug-likeness (QED) is 0.408. The Labute approximate surface area is 63.8 Å². The van der Waals surface area contributed by atoms with Crippen molar-refractivity contribution in [2.24, 2.45) is 0 Å². The van der Waals surface area contributed by atoms with Gasteiger partial charge in [0.25, 0.3) is 0 Å². The zero-order chi connectivity index (χ0) is 8.27. The van der Waals surface area contributed by atoms with Crippen molar-refractivity contribution >= 4 is 11.9 Å². The number of amides is 1. The van der Waals surface area contributed by atoms with Crippen LogP contribution in [-0.4, -0.2) is 36.1 Å². The van der Waals surface area contributed by atoms with Gasteiger partial charge in [0.2, 0.25) is 5.91 Å². The lowest BCUT2D eigenvalue weighted by atomic mass is 10.3. The van der Waals surface area contributed by atoms with Crippen LogP contribution in [0.15, 0.2) is 0 Å². The maximum atomic E-state index is 10.9. The van der Waals surface area contributed by atoms with Crippen LogP contribution in [0.25, 0.3) is 0 Å². The van der Waals surface area contributed by atoms with Crippen molar-refractivity contribution in [1.82, 2.24) is 10.6 Å². The van der Waals surface area contributed by atoms with Crippen LogP contribution in [0.5, 0.6) is 0 Å². The number of nitrogens with one attached hydrogen (secondary N) is 2. The molecule has 0 radical (unpaired) electrons. The Balaban J connectivity index is 2.59. The van der Waals surface area contributed by atoms with Crippen molar-refractivity contribution in [2.45, 2.75) is 12.5 Å². The van der Waals surface area contributed by atoms with E-state index in [1.807, 2.05) is 0 Å². The van der Waals surface area contributed by atoms with E-state index in [2.05, 4.69) is 10.6 Å². The molecule has 5 heteroatoms. The number of carbonyl (C=O) groups excluding carboxylic acids is 1. The Hall–Kier alpha value is -1.10. The molecular formula is C6H10N2O3. The van der Waals surface area contributed by atoms with E-state index in [1.165, 1.54) is 0 Å². The number of hydrogen-bond donors (Lipinski definition) is 3. The summed E-state index contributed by atoms with van der Waals surface area (Å²) in [4.78, 5) is 21.3. The third-order valence-electron chi connectivity index (χ3n) is 1.51. The number of carboxylic acid groups (broad SMARTS) is 1. The second kappa shape index (κ2) is 3.34. The molecule has 11 heavy (non-hydrogen) atoms. The highest BCUT2D eigenvalue weighted by molar-refractivity contribution is 6.01. The molecule has 0 bridgehead atoms. The van der Waals surface area contributed by atoms with E-state index in [0.717, 1.165) is 6.42 Å². The summed E-state index contributed by atoms with van der Waals surface area (Å²) in [7, 11) is 0. The van der Waals surface area contributed by atoms with Crippen LogP contribution in [0.2, 0.25) is 0 Å². The fourth-order valence-corrected chi connectivity index (χ4v) is 0.941. The number of carboxylic acids is 1. The summed E-state index contributed by atoms with van der Waals surface area (Å²) >= 11 is 0. The van der Waals surface area contributed by atoms with Gasteiger partial charge in [-0.1, -0.05) is 0 Å². The Morgan fingerprint density at radius 3 is 2.91 bits per heavy atom. The molecular weight excluding hydrogens is 148 g/mol. The molecule has 62 valence electrons. The molecule has 1 aliphatic heterocycles. The molecule has 3 N–H and O–H groups in total. The summed E-state index contributed by atoms with van der Waals surface area (Å²) in [5.41, 5.74) is 0. The molecule has 0 aromatic heterocycles. The second-order valence-corrected chi connectivity index (χ2v) is 2.37. The van der Waals surface area contributed by atoms with Crippen LogP contribution >= 0.6 is 0 Å². The number of carbonyl (C=O) groups is 2. The number of hydrogen-bond acceptors (Lipinski definition) is 3. The summed E-state index contributed by atoms with van der Waals surface area (Å²) in [5, 5.41) is 13.6. The fourth-order valence-electron chi connectivity index (χ4n) is 0.941. The van der Waals surface area contributed by atoms with Gasteiger partial charge in [-0.25, -0.2) is 4.79 Å². The molecule has 1 aliphatic rings. The first-order valence-corrected chi connectivity index (χ1v) is 3.45. The van der Waals surface area contributed by atoms with Gasteiger partial charge in [-0.2, -0.15) is 0 Å². The first-order valence-electron chi connectivity index (χ1n) is 3.45. The summed E-state index contributed by atoms with van der Waals surface area (Å²) < 4.78 is 0. The van der Waals surface area contributed by atoms with Gasteiger partial charge in [-0.3, -0.25) is 10.1 Å². The van der Waals surface area contributed by atoms with E-state index < -0.39 is 17.9 Å². The van der Waals surface area contributed by atoms with E-state index in [-0.39, 0.29) is 0 Å². The number of aliphatic carboxylic acids is 1. The number of rotatable bonds is 1. The van der Waals surface area contributed by atoms with Gasteiger partial charge >= 0.3 is 5.97 Å². The predicted octanol–water partition coefficient (Wildman–Crippen LogP) is -1.45. The molecule has 5 nitrogen and oxygen atoms in total. The summed E-state index contributed by atoms with van der Waals surface area (Å²) in [6.45, 7) is 1.12. The van der Waals surface area contributed by atoms with Crippen LogP contribution in [0.4, 0.5) is 0 Å². The van der Waals surface area contributed by atoms with Gasteiger partial charge < -0.3 is 10.4 Å². The van der Waals surface area contributed by atoms with Crippen molar-refractivity contribution in [1.29, 1.82) is 0 Å². The molecule has 1 fully saturated rings. The second-order valence-electron chi connectivity index (χ2n) is 2.37. The van der Waals surface area contributed by atoms with Crippen molar-refractivity contribution in [3.8, 4) is 0 Å². The van der Waals surface area contributed by atoms with Crippen molar-refractivity contribution < 1.29 is 14.7 Å². The van der Waals surface area contributed by atoms with Gasteiger partial charge in [0.05, 0.1) is 0 Å². The zero-order valence-electron chi connectivity index (χ0n) is 5.96. The minimum atomic E-state index is -1.12. The molecule has 0 aliphatic carbocycles. The largest absolute Gasteiger partial charge is 0.480 e. The van der Waals surface area contributed by atoms with Gasteiger partial charge in [-0.05, 0) is 13.0 Å². The Kier molecular flexibility index (Phi) is 2.43. The third-order valence-corrected chi connectivity index (χ3v) is 1.51. The lowest BCUT2D eigenvalue weighted by Crippen LogP contribution is -2.46. The lowest BCUT2D eigenvalue weighted by Gasteiger charge is -2.07. The third kappa shape index (κ3) is 1.91. The van der Waals surface area contributed by atoms with E-state index in [4.69, 9.17) is 5.11 Å². The highest BCUT2D eigenvalue weighted by atomic mass is 16.4.